The number of imidazole rings is 1. The van der Waals surface area contributed by atoms with E-state index in [4.69, 9.17) is 23.4 Å². The first kappa shape index (κ1) is 28.4. The fraction of sp³-hybridized carbons (Fsp3) is 0.0755. The molecule has 0 unspecified atom stereocenters. The van der Waals surface area contributed by atoms with Crippen LogP contribution in [0.1, 0.15) is 45.6 Å². The van der Waals surface area contributed by atoms with Crippen LogP contribution in [-0.2, 0) is 26.5 Å². The number of fused-ring (bicyclic) bond motifs is 4. The molecule has 10 rings (SSSR count). The molecule has 0 aliphatic rings. The second-order valence-corrected chi connectivity index (χ2v) is 14.9. The molecule has 0 fully saturated rings. The Kier molecular flexibility index (Phi) is 7.38. The molecule has 0 bridgehead atoms. The van der Waals surface area contributed by atoms with Gasteiger partial charge in [0.1, 0.15) is 5.82 Å². The van der Waals surface area contributed by atoms with Gasteiger partial charge in [0.15, 0.2) is 0 Å². The minimum atomic E-state index is -0.596. The fourth-order valence-corrected chi connectivity index (χ4v) is 7.43. The van der Waals surface area contributed by atoms with Crippen molar-refractivity contribution in [1.29, 1.82) is 5.26 Å². The van der Waals surface area contributed by atoms with Gasteiger partial charge in [0, 0.05) is 44.3 Å². The molecule has 0 atom stereocenters. The van der Waals surface area contributed by atoms with E-state index in [9.17, 15) is 5.26 Å². The molecule has 7 aromatic carbocycles. The standard InChI is InChI=1S/C53H37N5O.Pt/c1-53(2,3)39-27-28-55-51(31-39)58-47-22-11-10-19-45(47)46-26-25-41(33-50(46)58)59-42-30-36(34-54)29-40(32-42)56-35-57(49-24-13-12-23-48(49)56)52-43(37-15-6-4-7-16-37)20-14-21-44(52)38-17-8-5-9-18-38;/h4-31H,1-3H3;/q-2;/i4D,5D,6D,7D,8D,9D,15D,16D,17D,18D;. The molecule has 0 spiro atoms. The molecular weight excluding hydrogens is 918 g/mol. The van der Waals surface area contributed by atoms with Gasteiger partial charge in [0.2, 0.25) is 0 Å². The van der Waals surface area contributed by atoms with Crippen molar-refractivity contribution in [2.45, 2.75) is 26.2 Å². The Morgan fingerprint density at radius 1 is 0.717 bits per heavy atom. The summed E-state index contributed by atoms with van der Waals surface area (Å²) in [7, 11) is 0. The van der Waals surface area contributed by atoms with Gasteiger partial charge < -0.3 is 13.9 Å². The van der Waals surface area contributed by atoms with Gasteiger partial charge in [-0.2, -0.15) is 11.3 Å². The molecule has 0 amide bonds. The first-order valence-corrected chi connectivity index (χ1v) is 18.8. The zero-order valence-electron chi connectivity index (χ0n) is 42.4. The first-order valence-electron chi connectivity index (χ1n) is 23.8. The molecule has 0 aliphatic carbocycles. The van der Waals surface area contributed by atoms with E-state index in [0.717, 1.165) is 27.4 Å². The van der Waals surface area contributed by atoms with Crippen LogP contribution in [0.5, 0.6) is 11.5 Å². The Bertz CT molecular complexity index is 3710. The normalized spacial score (nSPS) is 13.8. The van der Waals surface area contributed by atoms with E-state index in [1.807, 2.05) is 41.0 Å². The van der Waals surface area contributed by atoms with E-state index in [1.165, 1.54) is 6.07 Å². The molecule has 0 saturated carbocycles. The summed E-state index contributed by atoms with van der Waals surface area (Å²) in [5.41, 5.74) is 4.09. The third-order valence-electron chi connectivity index (χ3n) is 10.2. The number of para-hydroxylation sites is 4. The minimum Gasteiger partial charge on any atom is -0.510 e. The minimum absolute atomic E-state index is 0. The smallest absolute Gasteiger partial charge is 0.268 e. The number of ether oxygens (including phenoxy) is 1. The van der Waals surface area contributed by atoms with Crippen LogP contribution in [0.3, 0.4) is 0 Å². The van der Waals surface area contributed by atoms with Crippen LogP contribution in [0.4, 0.5) is 0 Å². The van der Waals surface area contributed by atoms with Crippen LogP contribution in [-0.4, -0.2) is 14.1 Å². The SMILES string of the molecule is [2H]c1c([2H])c([2H])c(-c2cccc(-c3c([2H])c([2H])c([2H])c([2H])c3[2H])c2-[n+]2[c-]n(-c3[c-]c(Oc4[c-]c5c(cc4)c4ccccc4n5-c4cc(C(C)(C)C)ccn4)cc(C#N)c3)c3ccccc32)c([2H])c1[2H].[Pt]. The summed E-state index contributed by atoms with van der Waals surface area (Å²) in [6.45, 7) is 6.44. The van der Waals surface area contributed by atoms with Crippen LogP contribution in [0.2, 0.25) is 0 Å². The van der Waals surface area contributed by atoms with Gasteiger partial charge in [0.05, 0.1) is 36.5 Å². The monoisotopic (exact) mass is 964 g/mol. The van der Waals surface area contributed by atoms with Crippen molar-refractivity contribution >= 4 is 32.8 Å². The number of pyridine rings is 1. The van der Waals surface area contributed by atoms with E-state index in [-0.39, 0.29) is 65.7 Å². The van der Waals surface area contributed by atoms with E-state index in [1.54, 1.807) is 69.9 Å². The molecule has 0 saturated heterocycles. The average Bonchev–Trinajstić information content (AvgIpc) is 3.89. The largest absolute Gasteiger partial charge is 0.510 e. The molecule has 7 heteroatoms. The Morgan fingerprint density at radius 3 is 2.10 bits per heavy atom. The third kappa shape index (κ3) is 6.87. The van der Waals surface area contributed by atoms with Crippen molar-refractivity contribution < 1.29 is 44.1 Å². The summed E-state index contributed by atoms with van der Waals surface area (Å²) in [5.74, 6) is 1.23. The Morgan fingerprint density at radius 2 is 1.40 bits per heavy atom. The second-order valence-electron chi connectivity index (χ2n) is 14.9. The van der Waals surface area contributed by atoms with E-state index < -0.39 is 60.4 Å². The maximum absolute atomic E-state index is 10.4. The van der Waals surface area contributed by atoms with E-state index in [2.05, 4.69) is 51.4 Å². The average molecular weight is 965 g/mol. The molecular formula is C53H37N5OPt-2. The second kappa shape index (κ2) is 15.6. The number of rotatable bonds is 7. The zero-order chi connectivity index (χ0) is 48.8. The Labute approximate surface area is 377 Å². The van der Waals surface area contributed by atoms with Crippen LogP contribution in [0.25, 0.3) is 72.3 Å². The predicted molar refractivity (Wildman–Crippen MR) is 234 cm³/mol. The van der Waals surface area contributed by atoms with Gasteiger partial charge in [-0.15, -0.1) is 35.7 Å². The summed E-state index contributed by atoms with van der Waals surface area (Å²) in [5, 5.41) is 12.3. The van der Waals surface area contributed by atoms with E-state index >= 15 is 0 Å². The molecule has 6 nitrogen and oxygen atoms in total. The Hall–Kier alpha value is -7.06. The summed E-state index contributed by atoms with van der Waals surface area (Å²) in [6.07, 6.45) is 5.14. The molecule has 10 aromatic rings. The van der Waals surface area contributed by atoms with Crippen LogP contribution < -0.4 is 9.30 Å². The quantitative estimate of drug-likeness (QED) is 0.118. The summed E-state index contributed by atoms with van der Waals surface area (Å²) in [6, 6.07) is 34.2. The number of hydrogen-bond acceptors (Lipinski definition) is 3. The van der Waals surface area contributed by atoms with Gasteiger partial charge in [-0.1, -0.05) is 153 Å². The van der Waals surface area contributed by atoms with Crippen molar-refractivity contribution in [3.05, 3.63) is 199 Å². The molecule has 0 aliphatic heterocycles. The molecule has 0 N–H and O–H groups in total. The van der Waals surface area contributed by atoms with Crippen LogP contribution in [0, 0.1) is 29.8 Å². The Balaban J connectivity index is 0.00000608. The van der Waals surface area contributed by atoms with Crippen molar-refractivity contribution in [2.24, 2.45) is 0 Å². The molecule has 60 heavy (non-hydrogen) atoms. The summed E-state index contributed by atoms with van der Waals surface area (Å²) >= 11 is 0. The number of benzene rings is 7. The van der Waals surface area contributed by atoms with Gasteiger partial charge in [-0.3, -0.25) is 4.57 Å². The maximum Gasteiger partial charge on any atom is 0.268 e. The molecule has 3 heterocycles. The van der Waals surface area contributed by atoms with Crippen molar-refractivity contribution in [3.8, 4) is 57.0 Å². The third-order valence-corrected chi connectivity index (χ3v) is 10.2. The summed E-state index contributed by atoms with van der Waals surface area (Å²) in [4.78, 5) is 4.78. The first-order chi connectivity index (χ1) is 33.0. The molecule has 292 valence electrons. The number of hydrogen-bond donors (Lipinski definition) is 0. The topological polar surface area (TPSA) is 59.6 Å². The van der Waals surface area contributed by atoms with Crippen molar-refractivity contribution in [1.82, 2.24) is 14.1 Å². The number of aromatic nitrogens is 4. The van der Waals surface area contributed by atoms with Crippen LogP contribution in [0.15, 0.2) is 170 Å². The molecule has 3 aromatic heterocycles. The number of nitrogens with zero attached hydrogens (tertiary/aromatic N) is 5. The van der Waals surface area contributed by atoms with Gasteiger partial charge in [-0.25, -0.2) is 4.98 Å². The fourth-order valence-electron chi connectivity index (χ4n) is 7.43. The summed E-state index contributed by atoms with van der Waals surface area (Å²) < 4.78 is 98.5. The van der Waals surface area contributed by atoms with Crippen molar-refractivity contribution in [2.75, 3.05) is 0 Å². The zero-order valence-corrected chi connectivity index (χ0v) is 34.6. The maximum atomic E-state index is 10.4. The number of nitriles is 1. The van der Waals surface area contributed by atoms with Gasteiger partial charge >= 0.3 is 0 Å². The molecule has 0 radical (unpaired) electrons. The predicted octanol–water partition coefficient (Wildman–Crippen LogP) is 12.1. The van der Waals surface area contributed by atoms with Crippen molar-refractivity contribution in [3.63, 3.8) is 0 Å². The van der Waals surface area contributed by atoms with E-state index in [0.29, 0.717) is 28.3 Å². The van der Waals surface area contributed by atoms with Gasteiger partial charge in [-0.05, 0) is 62.5 Å². The van der Waals surface area contributed by atoms with Gasteiger partial charge in [0.25, 0.3) is 6.33 Å². The van der Waals surface area contributed by atoms with Crippen LogP contribution >= 0.6 is 0 Å².